The number of carbonyl (C=O) groups is 2. The Morgan fingerprint density at radius 3 is 2.95 bits per heavy atom. The third-order valence-corrected chi connectivity index (χ3v) is 3.81. The molecule has 0 saturated carbocycles. The molecule has 0 atom stereocenters. The molecule has 0 bridgehead atoms. The number of hydrogen-bond acceptors (Lipinski definition) is 6. The number of nitrogens with one attached hydrogen (secondary N) is 1. The molecule has 1 N–H and O–H groups in total. The van der Waals surface area contributed by atoms with Crippen molar-refractivity contribution in [3.63, 3.8) is 0 Å². The van der Waals surface area contributed by atoms with Crippen molar-refractivity contribution in [3.05, 3.63) is 45.8 Å². The van der Waals surface area contributed by atoms with Crippen LogP contribution in [0.3, 0.4) is 0 Å². The van der Waals surface area contributed by atoms with E-state index < -0.39 is 11.9 Å². The Hall–Kier alpha value is -1.93. The summed E-state index contributed by atoms with van der Waals surface area (Å²) in [6.45, 7) is 5.26. The van der Waals surface area contributed by atoms with Gasteiger partial charge in [0.15, 0.2) is 15.6 Å². The lowest BCUT2D eigenvalue weighted by Crippen LogP contribution is -2.10. The molecule has 110 valence electrons. The monoisotopic (exact) mass is 370 g/mol. The summed E-state index contributed by atoms with van der Waals surface area (Å²) >= 11 is 4.16. The minimum atomic E-state index is -0.494. The van der Waals surface area contributed by atoms with Gasteiger partial charge in [-0.3, -0.25) is 10.1 Å². The molecule has 2 aromatic rings. The van der Waals surface area contributed by atoms with Crippen LogP contribution in [0.2, 0.25) is 0 Å². The van der Waals surface area contributed by atoms with Gasteiger partial charge in [-0.25, -0.2) is 9.78 Å². The van der Waals surface area contributed by atoms with E-state index in [0.29, 0.717) is 20.4 Å². The number of esters is 1. The van der Waals surface area contributed by atoms with Gasteiger partial charge in [0.1, 0.15) is 11.5 Å². The van der Waals surface area contributed by atoms with E-state index in [0.717, 1.165) is 11.3 Å². The van der Waals surface area contributed by atoms with Gasteiger partial charge >= 0.3 is 5.97 Å². The molecule has 0 spiro atoms. The Bertz CT molecular complexity index is 692. The van der Waals surface area contributed by atoms with Gasteiger partial charge < -0.3 is 9.15 Å². The average Bonchev–Trinajstić information content (AvgIpc) is 3.02. The molecule has 21 heavy (non-hydrogen) atoms. The van der Waals surface area contributed by atoms with Crippen molar-refractivity contribution in [2.75, 3.05) is 11.9 Å². The highest BCUT2D eigenvalue weighted by molar-refractivity contribution is 9.10. The molecular weight excluding hydrogens is 360 g/mol. The number of furan rings is 1. The fraction of sp³-hybridized carbons (Fsp3) is 0.154. The number of amides is 1. The third kappa shape index (κ3) is 3.79. The van der Waals surface area contributed by atoms with E-state index >= 15 is 0 Å². The Morgan fingerprint density at radius 2 is 2.33 bits per heavy atom. The maximum atomic E-state index is 11.9. The first-order chi connectivity index (χ1) is 10.0. The lowest BCUT2D eigenvalue weighted by atomic mass is 10.4. The molecule has 0 fully saturated rings. The maximum Gasteiger partial charge on any atom is 0.350 e. The zero-order valence-electron chi connectivity index (χ0n) is 11.0. The molecular formula is C13H11BrN2O4S. The van der Waals surface area contributed by atoms with Gasteiger partial charge in [0.2, 0.25) is 0 Å². The highest BCUT2D eigenvalue weighted by Crippen LogP contribution is 2.24. The van der Waals surface area contributed by atoms with Crippen molar-refractivity contribution >= 4 is 44.3 Å². The SMILES string of the molecule is C=CCOC(=O)c1sc(NC(=O)c2ccc(Br)o2)nc1C. The van der Waals surface area contributed by atoms with Crippen LogP contribution in [0.5, 0.6) is 0 Å². The molecule has 0 radical (unpaired) electrons. The van der Waals surface area contributed by atoms with Crippen molar-refractivity contribution in [2.24, 2.45) is 0 Å². The zero-order chi connectivity index (χ0) is 15.4. The predicted octanol–water partition coefficient (Wildman–Crippen LogP) is 3.40. The van der Waals surface area contributed by atoms with Crippen LogP contribution < -0.4 is 5.32 Å². The summed E-state index contributed by atoms with van der Waals surface area (Å²) in [4.78, 5) is 28.1. The number of hydrogen-bond donors (Lipinski definition) is 1. The lowest BCUT2D eigenvalue weighted by Gasteiger charge is -1.98. The summed E-state index contributed by atoms with van der Waals surface area (Å²) < 4.78 is 10.5. The van der Waals surface area contributed by atoms with Crippen LogP contribution >= 0.6 is 27.3 Å². The second kappa shape index (κ2) is 6.68. The second-order valence-electron chi connectivity index (χ2n) is 3.88. The highest BCUT2D eigenvalue weighted by Gasteiger charge is 2.19. The first kappa shape index (κ1) is 15.5. The van der Waals surface area contributed by atoms with E-state index in [1.807, 2.05) is 0 Å². The number of aromatic nitrogens is 1. The van der Waals surface area contributed by atoms with Gasteiger partial charge in [0, 0.05) is 0 Å². The number of nitrogens with zero attached hydrogens (tertiary/aromatic N) is 1. The van der Waals surface area contributed by atoms with Crippen molar-refractivity contribution in [2.45, 2.75) is 6.92 Å². The van der Waals surface area contributed by atoms with Gasteiger partial charge in [0.25, 0.3) is 5.91 Å². The summed E-state index contributed by atoms with van der Waals surface area (Å²) in [5.41, 5.74) is 0.491. The van der Waals surface area contributed by atoms with Crippen molar-refractivity contribution in [1.29, 1.82) is 0 Å². The number of thiazole rings is 1. The summed E-state index contributed by atoms with van der Waals surface area (Å²) in [5.74, 6) is -0.794. The number of aryl methyl sites for hydroxylation is 1. The normalized spacial score (nSPS) is 10.2. The molecule has 2 rings (SSSR count). The molecule has 6 nitrogen and oxygen atoms in total. The number of ether oxygens (including phenoxy) is 1. The first-order valence-corrected chi connectivity index (χ1v) is 7.44. The first-order valence-electron chi connectivity index (χ1n) is 5.83. The van der Waals surface area contributed by atoms with Gasteiger partial charge in [-0.1, -0.05) is 24.0 Å². The van der Waals surface area contributed by atoms with Crippen molar-refractivity contribution < 1.29 is 18.7 Å². The summed E-state index contributed by atoms with van der Waals surface area (Å²) in [5, 5.41) is 2.87. The molecule has 0 saturated heterocycles. The van der Waals surface area contributed by atoms with Gasteiger partial charge in [-0.15, -0.1) is 0 Å². The Labute approximate surface area is 132 Å². The highest BCUT2D eigenvalue weighted by atomic mass is 79.9. The van der Waals surface area contributed by atoms with E-state index in [1.54, 1.807) is 13.0 Å². The second-order valence-corrected chi connectivity index (χ2v) is 5.66. The van der Waals surface area contributed by atoms with E-state index in [9.17, 15) is 9.59 Å². The van der Waals surface area contributed by atoms with Crippen LogP contribution in [0.15, 0.2) is 33.9 Å². The van der Waals surface area contributed by atoms with Crippen LogP contribution in [-0.4, -0.2) is 23.5 Å². The lowest BCUT2D eigenvalue weighted by molar-refractivity contribution is 0.0554. The molecule has 2 heterocycles. The molecule has 2 aromatic heterocycles. The molecule has 1 amide bonds. The minimum Gasteiger partial charge on any atom is -0.457 e. The standard InChI is InChI=1S/C13H11BrN2O4S/c1-3-6-19-12(18)10-7(2)15-13(21-10)16-11(17)8-4-5-9(14)20-8/h3-5H,1,6H2,2H3,(H,15,16,17). The Morgan fingerprint density at radius 1 is 1.57 bits per heavy atom. The Kier molecular flexibility index (Phi) is 4.92. The van der Waals surface area contributed by atoms with Gasteiger partial charge in [-0.2, -0.15) is 0 Å². The average molecular weight is 371 g/mol. The molecule has 8 heteroatoms. The fourth-order valence-corrected chi connectivity index (χ4v) is 2.60. The number of carbonyl (C=O) groups excluding carboxylic acids is 2. The van der Waals surface area contributed by atoms with E-state index in [-0.39, 0.29) is 12.4 Å². The number of anilines is 1. The van der Waals surface area contributed by atoms with Crippen LogP contribution in [0.25, 0.3) is 0 Å². The van der Waals surface area contributed by atoms with Crippen LogP contribution in [0, 0.1) is 6.92 Å². The molecule has 0 aliphatic rings. The van der Waals surface area contributed by atoms with Gasteiger partial charge in [-0.05, 0) is 35.0 Å². The Balaban J connectivity index is 2.10. The van der Waals surface area contributed by atoms with Crippen molar-refractivity contribution in [1.82, 2.24) is 4.98 Å². The van der Waals surface area contributed by atoms with Crippen LogP contribution in [0.1, 0.15) is 25.9 Å². The summed E-state index contributed by atoms with van der Waals surface area (Å²) in [6, 6.07) is 3.14. The largest absolute Gasteiger partial charge is 0.457 e. The van der Waals surface area contributed by atoms with E-state index in [1.165, 1.54) is 12.1 Å². The van der Waals surface area contributed by atoms with Gasteiger partial charge in [0.05, 0.1) is 5.69 Å². The number of halogens is 1. The molecule has 0 aromatic carbocycles. The maximum absolute atomic E-state index is 11.9. The van der Waals surface area contributed by atoms with Crippen molar-refractivity contribution in [3.8, 4) is 0 Å². The molecule has 0 aliphatic carbocycles. The molecule has 0 aliphatic heterocycles. The van der Waals surface area contributed by atoms with Crippen LogP contribution in [-0.2, 0) is 4.74 Å². The minimum absolute atomic E-state index is 0.123. The molecule has 0 unspecified atom stereocenters. The third-order valence-electron chi connectivity index (χ3n) is 2.33. The quantitative estimate of drug-likeness (QED) is 0.644. The van der Waals surface area contributed by atoms with Crippen LogP contribution in [0.4, 0.5) is 5.13 Å². The fourth-order valence-electron chi connectivity index (χ4n) is 1.43. The van der Waals surface area contributed by atoms with E-state index in [4.69, 9.17) is 9.15 Å². The number of rotatable bonds is 5. The zero-order valence-corrected chi connectivity index (χ0v) is 13.4. The summed E-state index contributed by atoms with van der Waals surface area (Å²) in [6.07, 6.45) is 1.48. The van der Waals surface area contributed by atoms with E-state index in [2.05, 4.69) is 32.8 Å². The summed E-state index contributed by atoms with van der Waals surface area (Å²) in [7, 11) is 0. The predicted molar refractivity (Wildman–Crippen MR) is 81.7 cm³/mol. The smallest absolute Gasteiger partial charge is 0.350 e. The topological polar surface area (TPSA) is 81.4 Å².